The van der Waals surface area contributed by atoms with Gasteiger partial charge in [0.05, 0.1) is 0 Å². The molecule has 1 fully saturated rings. The lowest BCUT2D eigenvalue weighted by molar-refractivity contribution is 0.0257. The topological polar surface area (TPSA) is 39.9 Å². The van der Waals surface area contributed by atoms with Crippen molar-refractivity contribution in [3.63, 3.8) is 0 Å². The van der Waals surface area contributed by atoms with Gasteiger partial charge in [-0.3, -0.25) is 4.68 Å². The zero-order valence-corrected chi connectivity index (χ0v) is 10.5. The summed E-state index contributed by atoms with van der Waals surface area (Å²) >= 11 is 3.63. The van der Waals surface area contributed by atoms with Gasteiger partial charge in [0.15, 0.2) is 0 Å². The second-order valence-electron chi connectivity index (χ2n) is 4.22. The molecule has 1 aliphatic heterocycles. The molecule has 0 amide bonds. The smallest absolute Gasteiger partial charge is 0.138 e. The number of nitrogens with zero attached hydrogens (tertiary/aromatic N) is 3. The normalized spacial score (nSPS) is 20.4. The molecular formula is C10H16BrN3O. The summed E-state index contributed by atoms with van der Waals surface area (Å²) in [7, 11) is 1.95. The third kappa shape index (κ3) is 2.39. The molecule has 0 bridgehead atoms. The number of hydrogen-bond donors (Lipinski definition) is 0. The van der Waals surface area contributed by atoms with E-state index in [1.54, 1.807) is 6.33 Å². The zero-order valence-electron chi connectivity index (χ0n) is 8.95. The molecule has 1 aromatic heterocycles. The maximum atomic E-state index is 5.41. The first-order chi connectivity index (χ1) is 7.26. The monoisotopic (exact) mass is 273 g/mol. The van der Waals surface area contributed by atoms with Crippen LogP contribution in [0.2, 0.25) is 0 Å². The Hall–Kier alpha value is -0.420. The molecule has 0 atom stereocenters. The summed E-state index contributed by atoms with van der Waals surface area (Å²) in [5.41, 5.74) is 0.305. The van der Waals surface area contributed by atoms with E-state index in [9.17, 15) is 0 Å². The van der Waals surface area contributed by atoms with Crippen LogP contribution in [0.15, 0.2) is 6.33 Å². The van der Waals surface area contributed by atoms with Crippen molar-refractivity contribution in [2.24, 2.45) is 12.5 Å². The van der Waals surface area contributed by atoms with Gasteiger partial charge < -0.3 is 4.74 Å². The minimum atomic E-state index is 0.305. The van der Waals surface area contributed by atoms with Gasteiger partial charge in [-0.05, 0) is 18.3 Å². The van der Waals surface area contributed by atoms with Gasteiger partial charge in [-0.2, -0.15) is 5.10 Å². The van der Waals surface area contributed by atoms with Crippen LogP contribution >= 0.6 is 15.9 Å². The molecule has 4 nitrogen and oxygen atoms in total. The lowest BCUT2D eigenvalue weighted by Gasteiger charge is -2.35. The second kappa shape index (κ2) is 4.61. The Morgan fingerprint density at radius 3 is 2.80 bits per heavy atom. The van der Waals surface area contributed by atoms with Gasteiger partial charge in [0, 0.05) is 32.0 Å². The van der Waals surface area contributed by atoms with Gasteiger partial charge in [-0.25, -0.2) is 4.98 Å². The van der Waals surface area contributed by atoms with E-state index in [0.717, 1.165) is 43.6 Å². The summed E-state index contributed by atoms with van der Waals surface area (Å²) in [6, 6.07) is 0. The van der Waals surface area contributed by atoms with Gasteiger partial charge in [-0.15, -0.1) is 0 Å². The van der Waals surface area contributed by atoms with Crippen LogP contribution in [-0.4, -0.2) is 33.3 Å². The fourth-order valence-corrected chi connectivity index (χ4v) is 2.74. The molecule has 0 aromatic carbocycles. The highest BCUT2D eigenvalue weighted by Crippen LogP contribution is 2.35. The first-order valence-electron chi connectivity index (χ1n) is 5.22. The van der Waals surface area contributed by atoms with Crippen molar-refractivity contribution in [1.29, 1.82) is 0 Å². The fraction of sp³-hybridized carbons (Fsp3) is 0.800. The highest BCUT2D eigenvalue weighted by molar-refractivity contribution is 9.09. The standard InChI is InChI=1S/C10H16BrN3O/c1-14-9(12-8-13-14)6-10(7-11)2-4-15-5-3-10/h8H,2-7H2,1H3. The van der Waals surface area contributed by atoms with Crippen molar-refractivity contribution in [2.75, 3.05) is 18.5 Å². The summed E-state index contributed by atoms with van der Waals surface area (Å²) in [6.45, 7) is 1.73. The molecule has 2 rings (SSSR count). The molecule has 0 N–H and O–H groups in total. The summed E-state index contributed by atoms with van der Waals surface area (Å²) < 4.78 is 7.27. The Kier molecular flexibility index (Phi) is 3.41. The number of alkyl halides is 1. The number of aryl methyl sites for hydroxylation is 1. The van der Waals surface area contributed by atoms with Crippen molar-refractivity contribution in [3.05, 3.63) is 12.2 Å². The first kappa shape index (κ1) is 11.1. The number of halogens is 1. The van der Waals surface area contributed by atoms with Crippen LogP contribution in [-0.2, 0) is 18.2 Å². The Morgan fingerprint density at radius 1 is 1.53 bits per heavy atom. The van der Waals surface area contributed by atoms with Crippen LogP contribution in [0.1, 0.15) is 18.7 Å². The Bertz CT molecular complexity index is 320. The van der Waals surface area contributed by atoms with E-state index in [1.807, 2.05) is 11.7 Å². The number of rotatable bonds is 3. The Morgan fingerprint density at radius 2 is 2.27 bits per heavy atom. The summed E-state index contributed by atoms with van der Waals surface area (Å²) in [5.74, 6) is 1.07. The van der Waals surface area contributed by atoms with Crippen LogP contribution < -0.4 is 0 Å². The molecule has 0 unspecified atom stereocenters. The van der Waals surface area contributed by atoms with Crippen LogP contribution in [0.3, 0.4) is 0 Å². The molecule has 1 saturated heterocycles. The summed E-state index contributed by atoms with van der Waals surface area (Å²) in [6.07, 6.45) is 4.81. The second-order valence-corrected chi connectivity index (χ2v) is 4.78. The van der Waals surface area contributed by atoms with Crippen molar-refractivity contribution < 1.29 is 4.74 Å². The minimum absolute atomic E-state index is 0.305. The molecule has 0 aliphatic carbocycles. The van der Waals surface area contributed by atoms with Crippen LogP contribution in [0.4, 0.5) is 0 Å². The van der Waals surface area contributed by atoms with E-state index in [4.69, 9.17) is 4.74 Å². The predicted octanol–water partition coefficient (Wildman–Crippen LogP) is 1.55. The average molecular weight is 274 g/mol. The summed E-state index contributed by atoms with van der Waals surface area (Å²) in [5, 5.41) is 5.12. The first-order valence-corrected chi connectivity index (χ1v) is 6.34. The van der Waals surface area contributed by atoms with E-state index in [1.165, 1.54) is 0 Å². The highest BCUT2D eigenvalue weighted by Gasteiger charge is 2.33. The SMILES string of the molecule is Cn1ncnc1CC1(CBr)CCOCC1. The van der Waals surface area contributed by atoms with E-state index in [2.05, 4.69) is 26.0 Å². The molecule has 0 spiro atoms. The minimum Gasteiger partial charge on any atom is -0.381 e. The maximum absolute atomic E-state index is 5.41. The molecule has 5 heteroatoms. The number of hydrogen-bond acceptors (Lipinski definition) is 3. The zero-order chi connectivity index (χ0) is 10.7. The van der Waals surface area contributed by atoms with Crippen molar-refractivity contribution in [3.8, 4) is 0 Å². The largest absolute Gasteiger partial charge is 0.381 e. The van der Waals surface area contributed by atoms with Crippen molar-refractivity contribution >= 4 is 15.9 Å². The van der Waals surface area contributed by atoms with Gasteiger partial charge >= 0.3 is 0 Å². The van der Waals surface area contributed by atoms with Gasteiger partial charge in [0.25, 0.3) is 0 Å². The third-order valence-corrected chi connectivity index (χ3v) is 4.36. The van der Waals surface area contributed by atoms with Crippen LogP contribution in [0.25, 0.3) is 0 Å². The lowest BCUT2D eigenvalue weighted by atomic mass is 9.79. The summed E-state index contributed by atoms with van der Waals surface area (Å²) in [4.78, 5) is 4.29. The van der Waals surface area contributed by atoms with Crippen LogP contribution in [0, 0.1) is 5.41 Å². The molecule has 1 aliphatic rings. The lowest BCUT2D eigenvalue weighted by Crippen LogP contribution is -2.34. The quantitative estimate of drug-likeness (QED) is 0.785. The molecular weight excluding hydrogens is 258 g/mol. The third-order valence-electron chi connectivity index (χ3n) is 3.18. The molecule has 84 valence electrons. The maximum Gasteiger partial charge on any atom is 0.138 e. The van der Waals surface area contributed by atoms with E-state index in [-0.39, 0.29) is 0 Å². The predicted molar refractivity (Wildman–Crippen MR) is 61.0 cm³/mol. The molecule has 0 radical (unpaired) electrons. The average Bonchev–Trinajstić information content (AvgIpc) is 2.66. The number of aromatic nitrogens is 3. The Balaban J connectivity index is 2.10. The van der Waals surface area contributed by atoms with Gasteiger partial charge in [0.1, 0.15) is 12.2 Å². The van der Waals surface area contributed by atoms with Gasteiger partial charge in [-0.1, -0.05) is 15.9 Å². The Labute approximate surface area is 98.2 Å². The van der Waals surface area contributed by atoms with E-state index >= 15 is 0 Å². The van der Waals surface area contributed by atoms with Crippen molar-refractivity contribution in [2.45, 2.75) is 19.3 Å². The van der Waals surface area contributed by atoms with Crippen molar-refractivity contribution in [1.82, 2.24) is 14.8 Å². The molecule has 0 saturated carbocycles. The van der Waals surface area contributed by atoms with Gasteiger partial charge in [0.2, 0.25) is 0 Å². The fourth-order valence-electron chi connectivity index (χ4n) is 1.98. The molecule has 2 heterocycles. The van der Waals surface area contributed by atoms with Crippen LogP contribution in [0.5, 0.6) is 0 Å². The van der Waals surface area contributed by atoms with E-state index in [0.29, 0.717) is 5.41 Å². The highest BCUT2D eigenvalue weighted by atomic mass is 79.9. The molecule has 15 heavy (non-hydrogen) atoms. The molecule has 1 aromatic rings. The number of ether oxygens (including phenoxy) is 1. The van der Waals surface area contributed by atoms with E-state index < -0.39 is 0 Å².